The quantitative estimate of drug-likeness (QED) is 0.926. The fourth-order valence-electron chi connectivity index (χ4n) is 2.42. The van der Waals surface area contributed by atoms with Crippen molar-refractivity contribution in [3.63, 3.8) is 0 Å². The van der Waals surface area contributed by atoms with E-state index in [9.17, 15) is 9.18 Å². The van der Waals surface area contributed by atoms with Crippen LogP contribution in [0.25, 0.3) is 10.6 Å². The van der Waals surface area contributed by atoms with Gasteiger partial charge in [-0.25, -0.2) is 9.37 Å². The highest BCUT2D eigenvalue weighted by atomic mass is 32.1. The molecule has 1 N–H and O–H groups in total. The lowest BCUT2D eigenvalue weighted by atomic mass is 10.2. The number of halogens is 1. The first kappa shape index (κ1) is 14.2. The van der Waals surface area contributed by atoms with Crippen molar-refractivity contribution in [2.75, 3.05) is 19.6 Å². The van der Waals surface area contributed by atoms with Crippen molar-refractivity contribution >= 4 is 17.2 Å². The molecule has 1 aromatic carbocycles. The SMILES string of the molecule is CC1CNCCN1C(=O)c1csc(-c2ccccc2F)n1. The van der Waals surface area contributed by atoms with Gasteiger partial charge in [0.25, 0.3) is 5.91 Å². The van der Waals surface area contributed by atoms with Gasteiger partial charge in [-0.2, -0.15) is 0 Å². The summed E-state index contributed by atoms with van der Waals surface area (Å²) in [6.45, 7) is 4.26. The zero-order valence-electron chi connectivity index (χ0n) is 11.7. The summed E-state index contributed by atoms with van der Waals surface area (Å²) in [5, 5.41) is 5.50. The first-order valence-corrected chi connectivity index (χ1v) is 7.77. The number of thiazole rings is 1. The molecule has 2 aromatic rings. The van der Waals surface area contributed by atoms with Crippen molar-refractivity contribution in [2.45, 2.75) is 13.0 Å². The number of amides is 1. The van der Waals surface area contributed by atoms with Crippen LogP contribution in [-0.2, 0) is 0 Å². The Hall–Kier alpha value is -1.79. The monoisotopic (exact) mass is 305 g/mol. The molecule has 1 fully saturated rings. The molecule has 2 heterocycles. The van der Waals surface area contributed by atoms with Crippen LogP contribution in [0.1, 0.15) is 17.4 Å². The highest BCUT2D eigenvalue weighted by Gasteiger charge is 2.26. The number of rotatable bonds is 2. The maximum atomic E-state index is 13.8. The van der Waals surface area contributed by atoms with E-state index < -0.39 is 0 Å². The van der Waals surface area contributed by atoms with Crippen LogP contribution in [-0.4, -0.2) is 41.5 Å². The van der Waals surface area contributed by atoms with E-state index in [1.807, 2.05) is 11.8 Å². The second-order valence-corrected chi connectivity index (χ2v) is 5.93. The minimum Gasteiger partial charge on any atom is -0.332 e. The summed E-state index contributed by atoms with van der Waals surface area (Å²) in [7, 11) is 0. The standard InChI is InChI=1S/C15H16FN3OS/c1-10-8-17-6-7-19(10)15(20)13-9-21-14(18-13)11-4-2-3-5-12(11)16/h2-5,9-10,17H,6-8H2,1H3. The van der Waals surface area contributed by atoms with E-state index >= 15 is 0 Å². The Morgan fingerprint density at radius 1 is 1.48 bits per heavy atom. The van der Waals surface area contributed by atoms with E-state index in [1.54, 1.807) is 23.6 Å². The number of benzene rings is 1. The predicted molar refractivity (Wildman–Crippen MR) is 80.9 cm³/mol. The van der Waals surface area contributed by atoms with Crippen LogP contribution in [0.2, 0.25) is 0 Å². The van der Waals surface area contributed by atoms with Gasteiger partial charge in [-0.15, -0.1) is 11.3 Å². The van der Waals surface area contributed by atoms with Crippen LogP contribution in [0.15, 0.2) is 29.6 Å². The molecule has 4 nitrogen and oxygen atoms in total. The van der Waals surface area contributed by atoms with Crippen molar-refractivity contribution in [1.29, 1.82) is 0 Å². The average molecular weight is 305 g/mol. The number of carbonyl (C=O) groups excluding carboxylic acids is 1. The molecule has 0 spiro atoms. The van der Waals surface area contributed by atoms with E-state index in [2.05, 4.69) is 10.3 Å². The summed E-state index contributed by atoms with van der Waals surface area (Å²) in [6, 6.07) is 6.62. The molecule has 1 aromatic heterocycles. The van der Waals surface area contributed by atoms with Gasteiger partial charge in [0.15, 0.2) is 0 Å². The number of aromatic nitrogens is 1. The number of hydrogen-bond donors (Lipinski definition) is 1. The van der Waals surface area contributed by atoms with Gasteiger partial charge < -0.3 is 10.2 Å². The molecule has 1 aliphatic heterocycles. The fraction of sp³-hybridized carbons (Fsp3) is 0.333. The van der Waals surface area contributed by atoms with Gasteiger partial charge in [-0.3, -0.25) is 4.79 Å². The predicted octanol–water partition coefficient (Wildman–Crippen LogP) is 2.38. The van der Waals surface area contributed by atoms with Crippen molar-refractivity contribution in [1.82, 2.24) is 15.2 Å². The molecule has 0 aliphatic carbocycles. The summed E-state index contributed by atoms with van der Waals surface area (Å²) in [4.78, 5) is 18.6. The van der Waals surface area contributed by atoms with Gasteiger partial charge in [-0.1, -0.05) is 12.1 Å². The van der Waals surface area contributed by atoms with Crippen molar-refractivity contribution < 1.29 is 9.18 Å². The lowest BCUT2D eigenvalue weighted by molar-refractivity contribution is 0.0650. The summed E-state index contributed by atoms with van der Waals surface area (Å²) in [6.07, 6.45) is 0. The smallest absolute Gasteiger partial charge is 0.273 e. The topological polar surface area (TPSA) is 45.2 Å². The fourth-order valence-corrected chi connectivity index (χ4v) is 3.24. The summed E-state index contributed by atoms with van der Waals surface area (Å²) in [5.41, 5.74) is 0.835. The van der Waals surface area contributed by atoms with Crippen LogP contribution < -0.4 is 5.32 Å². The Labute approximate surface area is 126 Å². The van der Waals surface area contributed by atoms with Gasteiger partial charge in [0.1, 0.15) is 16.5 Å². The molecule has 1 atom stereocenters. The van der Waals surface area contributed by atoms with Crippen LogP contribution in [0.5, 0.6) is 0 Å². The Morgan fingerprint density at radius 3 is 3.05 bits per heavy atom. The summed E-state index contributed by atoms with van der Waals surface area (Å²) < 4.78 is 13.8. The highest BCUT2D eigenvalue weighted by molar-refractivity contribution is 7.13. The van der Waals surface area contributed by atoms with Crippen molar-refractivity contribution in [3.05, 3.63) is 41.2 Å². The number of piperazine rings is 1. The lowest BCUT2D eigenvalue weighted by Gasteiger charge is -2.33. The first-order valence-electron chi connectivity index (χ1n) is 6.89. The molecule has 3 rings (SSSR count). The van der Waals surface area contributed by atoms with E-state index in [1.165, 1.54) is 17.4 Å². The molecular formula is C15H16FN3OS. The van der Waals surface area contributed by atoms with Crippen LogP contribution in [0, 0.1) is 5.82 Å². The third-order valence-corrected chi connectivity index (χ3v) is 4.47. The molecule has 6 heteroatoms. The first-order chi connectivity index (χ1) is 10.2. The molecule has 1 amide bonds. The number of carbonyl (C=O) groups is 1. The molecule has 21 heavy (non-hydrogen) atoms. The summed E-state index contributed by atoms with van der Waals surface area (Å²) in [5.74, 6) is -0.399. The number of nitrogens with one attached hydrogen (secondary N) is 1. The van der Waals surface area contributed by atoms with Crippen molar-refractivity contribution in [2.24, 2.45) is 0 Å². The third-order valence-electron chi connectivity index (χ3n) is 3.59. The van der Waals surface area contributed by atoms with Crippen LogP contribution >= 0.6 is 11.3 Å². The average Bonchev–Trinajstić information content (AvgIpc) is 2.97. The molecule has 0 bridgehead atoms. The summed E-state index contributed by atoms with van der Waals surface area (Å²) >= 11 is 1.30. The molecule has 1 aliphatic rings. The zero-order valence-corrected chi connectivity index (χ0v) is 12.5. The molecule has 110 valence electrons. The third kappa shape index (κ3) is 2.82. The molecule has 1 unspecified atom stereocenters. The second-order valence-electron chi connectivity index (χ2n) is 5.07. The molecule has 0 saturated carbocycles. The highest BCUT2D eigenvalue weighted by Crippen LogP contribution is 2.26. The van der Waals surface area contributed by atoms with E-state index in [0.29, 0.717) is 22.8 Å². The minimum atomic E-state index is -0.318. The zero-order chi connectivity index (χ0) is 14.8. The molecule has 1 saturated heterocycles. The van der Waals surface area contributed by atoms with Gasteiger partial charge in [0, 0.05) is 36.6 Å². The van der Waals surface area contributed by atoms with Gasteiger partial charge in [0.2, 0.25) is 0 Å². The Bertz CT molecular complexity index is 658. The van der Waals surface area contributed by atoms with Crippen LogP contribution in [0.3, 0.4) is 0 Å². The Balaban J connectivity index is 1.85. The largest absolute Gasteiger partial charge is 0.332 e. The maximum Gasteiger partial charge on any atom is 0.273 e. The lowest BCUT2D eigenvalue weighted by Crippen LogP contribution is -2.52. The normalized spacial score (nSPS) is 18.8. The van der Waals surface area contributed by atoms with Crippen LogP contribution in [0.4, 0.5) is 4.39 Å². The molecular weight excluding hydrogens is 289 g/mol. The van der Waals surface area contributed by atoms with Gasteiger partial charge in [0.05, 0.1) is 0 Å². The van der Waals surface area contributed by atoms with Crippen molar-refractivity contribution in [3.8, 4) is 10.6 Å². The minimum absolute atomic E-state index is 0.0807. The van der Waals surface area contributed by atoms with Gasteiger partial charge in [-0.05, 0) is 19.1 Å². The number of nitrogens with zero attached hydrogens (tertiary/aromatic N) is 2. The Kier molecular flexibility index (Phi) is 3.98. The number of hydrogen-bond acceptors (Lipinski definition) is 4. The van der Waals surface area contributed by atoms with E-state index in [0.717, 1.165) is 13.1 Å². The van der Waals surface area contributed by atoms with E-state index in [-0.39, 0.29) is 17.8 Å². The second kappa shape index (κ2) is 5.91. The van der Waals surface area contributed by atoms with E-state index in [4.69, 9.17) is 0 Å². The maximum absolute atomic E-state index is 13.8. The van der Waals surface area contributed by atoms with Gasteiger partial charge >= 0.3 is 0 Å². The molecule has 0 radical (unpaired) electrons. The Morgan fingerprint density at radius 2 is 2.29 bits per heavy atom.